The molecule has 0 fully saturated rings. The molecule has 0 aliphatic carbocycles. The molecule has 3 rings (SSSR count). The van der Waals surface area contributed by atoms with Crippen LogP contribution in [0.3, 0.4) is 0 Å². The van der Waals surface area contributed by atoms with Crippen LogP contribution in [0.1, 0.15) is 28.4 Å². The van der Waals surface area contributed by atoms with Crippen LogP contribution in [0, 0.1) is 5.92 Å². The van der Waals surface area contributed by atoms with Gasteiger partial charge < -0.3 is 34.1 Å². The number of rotatable bonds is 12. The molecule has 37 heavy (non-hydrogen) atoms. The number of phenols is 1. The van der Waals surface area contributed by atoms with Crippen LogP contribution >= 0.6 is 0 Å². The van der Waals surface area contributed by atoms with E-state index in [1.54, 1.807) is 64.8 Å². The summed E-state index contributed by atoms with van der Waals surface area (Å²) in [6.07, 6.45) is 3.71. The van der Waals surface area contributed by atoms with Gasteiger partial charge in [-0.15, -0.1) is 0 Å². The van der Waals surface area contributed by atoms with Gasteiger partial charge in [0.05, 0.1) is 35.5 Å². The summed E-state index contributed by atoms with van der Waals surface area (Å²) >= 11 is 0. The highest BCUT2D eigenvalue weighted by molar-refractivity contribution is 5.98. The summed E-state index contributed by atoms with van der Waals surface area (Å²) in [5.74, 6) is 2.18. The minimum absolute atomic E-state index is 0.00176. The van der Waals surface area contributed by atoms with Gasteiger partial charge in [0.25, 0.3) is 0 Å². The van der Waals surface area contributed by atoms with E-state index in [4.69, 9.17) is 23.7 Å². The molecular formula is C29H33NO7. The summed E-state index contributed by atoms with van der Waals surface area (Å²) in [5.41, 5.74) is 2.79. The third kappa shape index (κ3) is 6.46. The maximum Gasteiger partial charge on any atom is 0.203 e. The number of carbonyl (C=O) groups excluding carboxylic acids is 1. The van der Waals surface area contributed by atoms with Crippen molar-refractivity contribution in [2.75, 3.05) is 47.4 Å². The topological polar surface area (TPSA) is 95.5 Å². The van der Waals surface area contributed by atoms with Crippen molar-refractivity contribution in [1.29, 1.82) is 0 Å². The van der Waals surface area contributed by atoms with E-state index in [0.29, 0.717) is 52.1 Å². The van der Waals surface area contributed by atoms with Gasteiger partial charge in [0.2, 0.25) is 5.75 Å². The Morgan fingerprint density at radius 3 is 2.14 bits per heavy atom. The molecule has 0 aromatic heterocycles. The largest absolute Gasteiger partial charge is 0.504 e. The Hall–Kier alpha value is -4.33. The molecule has 0 aliphatic rings. The quantitative estimate of drug-likeness (QED) is 0.188. The van der Waals surface area contributed by atoms with E-state index in [1.165, 1.54) is 7.11 Å². The summed E-state index contributed by atoms with van der Waals surface area (Å²) in [6.45, 7) is 2.23. The molecule has 3 aromatic carbocycles. The van der Waals surface area contributed by atoms with Crippen LogP contribution in [0.2, 0.25) is 0 Å². The molecule has 0 amide bonds. The van der Waals surface area contributed by atoms with Crippen molar-refractivity contribution in [3.8, 4) is 34.5 Å². The minimum atomic E-state index is -0.321. The Morgan fingerprint density at radius 1 is 0.865 bits per heavy atom. The Balaban J connectivity index is 1.87. The monoisotopic (exact) mass is 507 g/mol. The van der Waals surface area contributed by atoms with Gasteiger partial charge in [-0.1, -0.05) is 31.2 Å². The molecule has 0 aliphatic heterocycles. The molecule has 0 heterocycles. The number of ketones is 1. The van der Waals surface area contributed by atoms with E-state index < -0.39 is 0 Å². The average molecular weight is 508 g/mol. The van der Waals surface area contributed by atoms with Gasteiger partial charge in [-0.05, 0) is 35.9 Å². The first-order valence-electron chi connectivity index (χ1n) is 11.7. The Kier molecular flexibility index (Phi) is 9.27. The lowest BCUT2D eigenvalue weighted by Gasteiger charge is -2.17. The van der Waals surface area contributed by atoms with Crippen LogP contribution in [-0.2, 0) is 0 Å². The van der Waals surface area contributed by atoms with Gasteiger partial charge in [0, 0.05) is 35.3 Å². The van der Waals surface area contributed by atoms with Gasteiger partial charge >= 0.3 is 0 Å². The van der Waals surface area contributed by atoms with Crippen molar-refractivity contribution < 1.29 is 33.6 Å². The van der Waals surface area contributed by atoms with E-state index in [1.807, 2.05) is 31.2 Å². The average Bonchev–Trinajstić information content (AvgIpc) is 2.93. The van der Waals surface area contributed by atoms with Crippen LogP contribution in [0.4, 0.5) is 5.69 Å². The lowest BCUT2D eigenvalue weighted by Crippen LogP contribution is -2.21. The normalized spacial score (nSPS) is 11.6. The number of methoxy groups -OCH3 is 5. The third-order valence-electron chi connectivity index (χ3n) is 5.89. The molecule has 1 atom stereocenters. The first kappa shape index (κ1) is 27.3. The fraction of sp³-hybridized carbons (Fsp3) is 0.276. The summed E-state index contributed by atoms with van der Waals surface area (Å²) in [4.78, 5) is 13.0. The molecule has 2 N–H and O–H groups in total. The van der Waals surface area contributed by atoms with Crippen LogP contribution in [-0.4, -0.2) is 53.0 Å². The molecule has 1 unspecified atom stereocenters. The van der Waals surface area contributed by atoms with E-state index >= 15 is 0 Å². The smallest absolute Gasteiger partial charge is 0.203 e. The first-order valence-corrected chi connectivity index (χ1v) is 11.7. The van der Waals surface area contributed by atoms with E-state index in [2.05, 4.69) is 5.32 Å². The number of ether oxygens (including phenoxy) is 5. The number of nitrogens with one attached hydrogen (secondary N) is 1. The molecule has 0 radical (unpaired) electrons. The standard InChI is InChI=1S/C29H33NO7/c1-18(28(32)21-8-7-9-22(14-21)33-2)17-30-23-16-25(34-3)24(31)15-20(23)11-10-19-12-26(35-4)29(37-6)27(13-19)36-5/h7-16,18,30-31H,17H2,1-6H3/b11-10-. The first-order chi connectivity index (χ1) is 17.8. The lowest BCUT2D eigenvalue weighted by molar-refractivity contribution is 0.0936. The predicted octanol–water partition coefficient (Wildman–Crippen LogP) is 5.54. The highest BCUT2D eigenvalue weighted by atomic mass is 16.5. The second-order valence-electron chi connectivity index (χ2n) is 8.28. The number of hydrogen-bond acceptors (Lipinski definition) is 8. The maximum absolute atomic E-state index is 13.0. The molecule has 8 nitrogen and oxygen atoms in total. The summed E-state index contributed by atoms with van der Waals surface area (Å²) < 4.78 is 26.8. The van der Waals surface area contributed by atoms with Gasteiger partial charge in [-0.3, -0.25) is 4.79 Å². The lowest BCUT2D eigenvalue weighted by atomic mass is 9.98. The number of aromatic hydroxyl groups is 1. The zero-order chi connectivity index (χ0) is 26.9. The molecule has 0 spiro atoms. The molecule has 0 saturated carbocycles. The minimum Gasteiger partial charge on any atom is -0.504 e. The van der Waals surface area contributed by atoms with Gasteiger partial charge in [0.15, 0.2) is 28.8 Å². The Labute approximate surface area is 217 Å². The zero-order valence-electron chi connectivity index (χ0n) is 22.0. The van der Waals surface area contributed by atoms with Crippen molar-refractivity contribution in [1.82, 2.24) is 0 Å². The van der Waals surface area contributed by atoms with Gasteiger partial charge in [-0.2, -0.15) is 0 Å². The van der Waals surface area contributed by atoms with Crippen molar-refractivity contribution >= 4 is 23.6 Å². The number of carbonyl (C=O) groups is 1. The van der Waals surface area contributed by atoms with Crippen LogP contribution in [0.25, 0.3) is 12.2 Å². The predicted molar refractivity (Wildman–Crippen MR) is 145 cm³/mol. The summed E-state index contributed by atoms with van der Waals surface area (Å²) in [7, 11) is 7.72. The van der Waals surface area contributed by atoms with Crippen LogP contribution in [0.15, 0.2) is 48.5 Å². The Bertz CT molecular complexity index is 1240. The van der Waals surface area contributed by atoms with E-state index in [-0.39, 0.29) is 17.5 Å². The SMILES string of the molecule is COc1cccc(C(=O)C(C)CNc2cc(OC)c(O)cc2/C=C\c2cc(OC)c(OC)c(OC)c2)c1. The van der Waals surface area contributed by atoms with Crippen molar-refractivity contribution in [3.05, 3.63) is 65.2 Å². The number of phenolic OH excluding ortho intramolecular Hbond substituents is 1. The van der Waals surface area contributed by atoms with Gasteiger partial charge in [0.1, 0.15) is 5.75 Å². The number of benzene rings is 3. The number of Topliss-reactive ketones (excluding diaryl/α,β-unsaturated/α-hetero) is 1. The highest BCUT2D eigenvalue weighted by Crippen LogP contribution is 2.39. The fourth-order valence-corrected chi connectivity index (χ4v) is 3.84. The number of hydrogen-bond donors (Lipinski definition) is 2. The highest BCUT2D eigenvalue weighted by Gasteiger charge is 2.17. The van der Waals surface area contributed by atoms with Gasteiger partial charge in [-0.25, -0.2) is 0 Å². The molecule has 3 aromatic rings. The summed E-state index contributed by atoms with van der Waals surface area (Å²) in [6, 6.07) is 14.0. The van der Waals surface area contributed by atoms with E-state index in [9.17, 15) is 9.90 Å². The van der Waals surface area contributed by atoms with Crippen molar-refractivity contribution in [3.63, 3.8) is 0 Å². The Morgan fingerprint density at radius 2 is 1.54 bits per heavy atom. The van der Waals surface area contributed by atoms with E-state index in [0.717, 1.165) is 5.56 Å². The van der Waals surface area contributed by atoms with Crippen LogP contribution < -0.4 is 29.0 Å². The molecule has 0 bridgehead atoms. The molecule has 8 heteroatoms. The second kappa shape index (κ2) is 12.6. The van der Waals surface area contributed by atoms with Crippen molar-refractivity contribution in [2.45, 2.75) is 6.92 Å². The molecule has 196 valence electrons. The maximum atomic E-state index is 13.0. The number of anilines is 1. The third-order valence-corrected chi connectivity index (χ3v) is 5.89. The zero-order valence-corrected chi connectivity index (χ0v) is 22.0. The molecular weight excluding hydrogens is 474 g/mol. The van der Waals surface area contributed by atoms with Crippen molar-refractivity contribution in [2.24, 2.45) is 5.92 Å². The van der Waals surface area contributed by atoms with Crippen LogP contribution in [0.5, 0.6) is 34.5 Å². The second-order valence-corrected chi connectivity index (χ2v) is 8.28. The summed E-state index contributed by atoms with van der Waals surface area (Å²) in [5, 5.41) is 13.7. The fourth-order valence-electron chi connectivity index (χ4n) is 3.84. The molecule has 0 saturated heterocycles.